The van der Waals surface area contributed by atoms with Crippen molar-refractivity contribution >= 4 is 0 Å². The molecule has 0 aliphatic rings. The van der Waals surface area contributed by atoms with Gasteiger partial charge in [0.1, 0.15) is 11.8 Å². The van der Waals surface area contributed by atoms with Gasteiger partial charge in [0.25, 0.3) is 0 Å². The van der Waals surface area contributed by atoms with Gasteiger partial charge in [-0.05, 0) is 13.8 Å². The zero-order chi connectivity index (χ0) is 9.14. The van der Waals surface area contributed by atoms with Crippen LogP contribution in [0.5, 0.6) is 0 Å². The maximum Gasteiger partial charge on any atom is 0.108 e. The van der Waals surface area contributed by atoms with Crippen molar-refractivity contribution in [3.63, 3.8) is 0 Å². The van der Waals surface area contributed by atoms with Gasteiger partial charge in [0.15, 0.2) is 0 Å². The fourth-order valence-electron chi connectivity index (χ4n) is 0.993. The van der Waals surface area contributed by atoms with Crippen LogP contribution in [0.4, 0.5) is 0 Å². The van der Waals surface area contributed by atoms with E-state index in [1.807, 2.05) is 13.0 Å². The number of hydrogen-bond donors (Lipinski definition) is 1. The first-order valence-electron chi connectivity index (χ1n) is 3.84. The highest BCUT2D eigenvalue weighted by atomic mass is 16.3. The molecule has 0 spiro atoms. The van der Waals surface area contributed by atoms with E-state index in [-0.39, 0.29) is 0 Å². The molecule has 4 nitrogen and oxygen atoms in total. The van der Waals surface area contributed by atoms with Crippen LogP contribution in [0.1, 0.15) is 31.2 Å². The molecule has 0 aromatic carbocycles. The molecule has 1 heterocycles. The lowest BCUT2D eigenvalue weighted by atomic mass is 10.2. The summed E-state index contributed by atoms with van der Waals surface area (Å²) in [6.45, 7) is 4.24. The van der Waals surface area contributed by atoms with Crippen molar-refractivity contribution in [3.05, 3.63) is 17.5 Å². The largest absolute Gasteiger partial charge is 0.387 e. The number of aliphatic hydroxyl groups excluding tert-OH is 1. The van der Waals surface area contributed by atoms with E-state index >= 15 is 0 Å². The maximum atomic E-state index is 9.22. The van der Waals surface area contributed by atoms with E-state index in [2.05, 4.69) is 5.10 Å². The first-order chi connectivity index (χ1) is 5.69. The Bertz CT molecular complexity index is 309. The minimum Gasteiger partial charge on any atom is -0.387 e. The standard InChI is InChI=1S/C8H11N3O/c1-3-11-5-7(4-9)8(10-11)6(2)12/h5-6,12H,3H2,1-2H3. The summed E-state index contributed by atoms with van der Waals surface area (Å²) in [4.78, 5) is 0. The molecule has 0 amide bonds. The van der Waals surface area contributed by atoms with Crippen molar-refractivity contribution in [1.29, 1.82) is 5.26 Å². The highest BCUT2D eigenvalue weighted by Gasteiger charge is 2.12. The molecule has 1 N–H and O–H groups in total. The second-order valence-corrected chi connectivity index (χ2v) is 2.57. The molecule has 64 valence electrons. The summed E-state index contributed by atoms with van der Waals surface area (Å²) in [5.41, 5.74) is 0.909. The van der Waals surface area contributed by atoms with E-state index in [4.69, 9.17) is 5.26 Å². The van der Waals surface area contributed by atoms with Crippen molar-refractivity contribution in [2.45, 2.75) is 26.5 Å². The summed E-state index contributed by atoms with van der Waals surface area (Å²) in [5.74, 6) is 0. The van der Waals surface area contributed by atoms with E-state index in [0.29, 0.717) is 17.8 Å². The summed E-state index contributed by atoms with van der Waals surface area (Å²) in [5, 5.41) is 21.9. The van der Waals surface area contributed by atoms with E-state index < -0.39 is 6.10 Å². The van der Waals surface area contributed by atoms with Crippen LogP contribution in [-0.2, 0) is 6.54 Å². The number of hydrogen-bond acceptors (Lipinski definition) is 3. The first-order valence-corrected chi connectivity index (χ1v) is 3.84. The van der Waals surface area contributed by atoms with Crippen molar-refractivity contribution in [3.8, 4) is 6.07 Å². The Morgan fingerprint density at radius 1 is 1.83 bits per heavy atom. The molecule has 0 aliphatic heterocycles. The Hall–Kier alpha value is -1.34. The van der Waals surface area contributed by atoms with Crippen molar-refractivity contribution in [1.82, 2.24) is 9.78 Å². The van der Waals surface area contributed by atoms with Crippen LogP contribution in [0.2, 0.25) is 0 Å². The molecule has 1 aromatic heterocycles. The third-order valence-corrected chi connectivity index (χ3v) is 1.63. The average Bonchev–Trinajstić information content (AvgIpc) is 2.47. The molecule has 0 bridgehead atoms. The van der Waals surface area contributed by atoms with Gasteiger partial charge in [-0.3, -0.25) is 4.68 Å². The van der Waals surface area contributed by atoms with Crippen LogP contribution >= 0.6 is 0 Å². The van der Waals surface area contributed by atoms with Crippen LogP contribution in [-0.4, -0.2) is 14.9 Å². The normalized spacial score (nSPS) is 12.5. The lowest BCUT2D eigenvalue weighted by Crippen LogP contribution is -1.98. The van der Waals surface area contributed by atoms with E-state index in [1.54, 1.807) is 17.8 Å². The molecule has 1 rings (SSSR count). The lowest BCUT2D eigenvalue weighted by molar-refractivity contribution is 0.193. The molecule has 1 atom stereocenters. The highest BCUT2D eigenvalue weighted by molar-refractivity contribution is 5.32. The first kappa shape index (κ1) is 8.75. The van der Waals surface area contributed by atoms with E-state index in [9.17, 15) is 5.11 Å². The SMILES string of the molecule is CCn1cc(C#N)c(C(C)O)n1. The Balaban J connectivity index is 3.10. The maximum absolute atomic E-state index is 9.22. The number of aliphatic hydroxyl groups is 1. The molecular formula is C8H11N3O. The molecular weight excluding hydrogens is 154 g/mol. The molecule has 0 saturated carbocycles. The second kappa shape index (κ2) is 3.37. The van der Waals surface area contributed by atoms with Gasteiger partial charge in [-0.25, -0.2) is 0 Å². The molecule has 0 saturated heterocycles. The van der Waals surface area contributed by atoms with Crippen LogP contribution in [0.15, 0.2) is 6.20 Å². The van der Waals surface area contributed by atoms with Gasteiger partial charge >= 0.3 is 0 Å². The third-order valence-electron chi connectivity index (χ3n) is 1.63. The van der Waals surface area contributed by atoms with E-state index in [0.717, 1.165) is 0 Å². The quantitative estimate of drug-likeness (QED) is 0.706. The number of aromatic nitrogens is 2. The third kappa shape index (κ3) is 1.46. The molecule has 1 aromatic rings. The summed E-state index contributed by atoms with van der Waals surface area (Å²) in [6.07, 6.45) is 0.967. The molecule has 0 fully saturated rings. The minimum absolute atomic E-state index is 0.451. The van der Waals surface area contributed by atoms with Gasteiger partial charge in [0, 0.05) is 12.7 Å². The topological polar surface area (TPSA) is 61.8 Å². The Labute approximate surface area is 71.1 Å². The smallest absolute Gasteiger partial charge is 0.108 e. The zero-order valence-corrected chi connectivity index (χ0v) is 7.15. The molecule has 1 unspecified atom stereocenters. The van der Waals surface area contributed by atoms with Crippen LogP contribution in [0, 0.1) is 11.3 Å². The van der Waals surface area contributed by atoms with E-state index in [1.165, 1.54) is 0 Å². The summed E-state index contributed by atoms with van der Waals surface area (Å²) in [6, 6.07) is 1.99. The van der Waals surface area contributed by atoms with Crippen molar-refractivity contribution in [2.24, 2.45) is 0 Å². The highest BCUT2D eigenvalue weighted by Crippen LogP contribution is 2.14. The summed E-state index contributed by atoms with van der Waals surface area (Å²) < 4.78 is 1.64. The minimum atomic E-state index is -0.674. The summed E-state index contributed by atoms with van der Waals surface area (Å²) >= 11 is 0. The lowest BCUT2D eigenvalue weighted by Gasteiger charge is -1.98. The van der Waals surface area contributed by atoms with Crippen molar-refractivity contribution < 1.29 is 5.11 Å². The van der Waals surface area contributed by atoms with Gasteiger partial charge < -0.3 is 5.11 Å². The van der Waals surface area contributed by atoms with Crippen LogP contribution in [0.3, 0.4) is 0 Å². The Morgan fingerprint density at radius 2 is 2.50 bits per heavy atom. The van der Waals surface area contributed by atoms with Crippen LogP contribution in [0.25, 0.3) is 0 Å². The molecule has 0 aliphatic carbocycles. The number of nitrogens with zero attached hydrogens (tertiary/aromatic N) is 3. The summed E-state index contributed by atoms with van der Waals surface area (Å²) in [7, 11) is 0. The fourth-order valence-corrected chi connectivity index (χ4v) is 0.993. The Kier molecular flexibility index (Phi) is 2.46. The fraction of sp³-hybridized carbons (Fsp3) is 0.500. The predicted octanol–water partition coefficient (Wildman–Crippen LogP) is 0.828. The second-order valence-electron chi connectivity index (χ2n) is 2.57. The number of nitriles is 1. The average molecular weight is 165 g/mol. The molecule has 0 radical (unpaired) electrons. The zero-order valence-electron chi connectivity index (χ0n) is 7.15. The molecule has 12 heavy (non-hydrogen) atoms. The molecule has 4 heteroatoms. The van der Waals surface area contributed by atoms with Crippen LogP contribution < -0.4 is 0 Å². The monoisotopic (exact) mass is 165 g/mol. The van der Waals surface area contributed by atoms with Gasteiger partial charge in [0.05, 0.1) is 11.7 Å². The Morgan fingerprint density at radius 3 is 2.83 bits per heavy atom. The van der Waals surface area contributed by atoms with Gasteiger partial charge in [-0.1, -0.05) is 0 Å². The van der Waals surface area contributed by atoms with Gasteiger partial charge in [0.2, 0.25) is 0 Å². The van der Waals surface area contributed by atoms with Crippen molar-refractivity contribution in [2.75, 3.05) is 0 Å². The predicted molar refractivity (Wildman–Crippen MR) is 43.2 cm³/mol. The van der Waals surface area contributed by atoms with Gasteiger partial charge in [-0.15, -0.1) is 0 Å². The van der Waals surface area contributed by atoms with Gasteiger partial charge in [-0.2, -0.15) is 10.4 Å². The number of rotatable bonds is 2. The number of aryl methyl sites for hydroxylation is 1.